The Bertz CT molecular complexity index is 434. The Morgan fingerprint density at radius 2 is 2.22 bits per heavy atom. The largest absolute Gasteiger partial charge is 0.314 e. The standard InChI is InChI=1S/C14H18ClFN2/c15-12-3-4-13(16)11(7-12)9-18-6-5-17-8-14(18)10-1-2-10/h3-4,7,10,14,17H,1-2,5-6,8-9H2. The average molecular weight is 269 g/mol. The van der Waals surface area contributed by atoms with E-state index in [0.717, 1.165) is 31.1 Å². The van der Waals surface area contributed by atoms with Crippen molar-refractivity contribution < 1.29 is 4.39 Å². The van der Waals surface area contributed by atoms with Gasteiger partial charge in [0, 0.05) is 42.8 Å². The second-order valence-electron chi connectivity index (χ2n) is 5.32. The number of nitrogens with one attached hydrogen (secondary N) is 1. The van der Waals surface area contributed by atoms with E-state index in [2.05, 4.69) is 10.2 Å². The molecular weight excluding hydrogens is 251 g/mol. The predicted octanol–water partition coefficient (Wildman–Crippen LogP) is 2.66. The zero-order chi connectivity index (χ0) is 12.5. The molecule has 0 spiro atoms. The number of hydrogen-bond acceptors (Lipinski definition) is 2. The lowest BCUT2D eigenvalue weighted by molar-refractivity contribution is 0.134. The lowest BCUT2D eigenvalue weighted by Gasteiger charge is -2.36. The van der Waals surface area contributed by atoms with Crippen LogP contribution in [0.25, 0.3) is 0 Å². The van der Waals surface area contributed by atoms with E-state index in [9.17, 15) is 4.39 Å². The van der Waals surface area contributed by atoms with Crippen molar-refractivity contribution in [3.63, 3.8) is 0 Å². The van der Waals surface area contributed by atoms with Gasteiger partial charge in [0.05, 0.1) is 0 Å². The fourth-order valence-electron chi connectivity index (χ4n) is 2.79. The second kappa shape index (κ2) is 5.16. The summed E-state index contributed by atoms with van der Waals surface area (Å²) < 4.78 is 13.8. The van der Waals surface area contributed by atoms with Crippen molar-refractivity contribution >= 4 is 11.6 Å². The molecule has 2 aliphatic rings. The third-order valence-corrected chi connectivity index (χ3v) is 4.18. The van der Waals surface area contributed by atoms with E-state index in [1.807, 2.05) is 0 Å². The Hall–Kier alpha value is -0.640. The average Bonchev–Trinajstić information content (AvgIpc) is 3.19. The number of hydrogen-bond donors (Lipinski definition) is 1. The third kappa shape index (κ3) is 2.68. The summed E-state index contributed by atoms with van der Waals surface area (Å²) in [5, 5.41) is 4.05. The minimum Gasteiger partial charge on any atom is -0.314 e. The van der Waals surface area contributed by atoms with Gasteiger partial charge in [-0.3, -0.25) is 4.90 Å². The highest BCUT2D eigenvalue weighted by Gasteiger charge is 2.36. The zero-order valence-corrected chi connectivity index (χ0v) is 11.1. The number of rotatable bonds is 3. The van der Waals surface area contributed by atoms with Crippen LogP contribution in [0.1, 0.15) is 18.4 Å². The van der Waals surface area contributed by atoms with Gasteiger partial charge in [-0.2, -0.15) is 0 Å². The Kier molecular flexibility index (Phi) is 3.55. The number of halogens is 2. The Morgan fingerprint density at radius 3 is 3.00 bits per heavy atom. The maximum atomic E-state index is 13.8. The van der Waals surface area contributed by atoms with Crippen LogP contribution >= 0.6 is 11.6 Å². The molecule has 4 heteroatoms. The molecule has 1 aromatic carbocycles. The highest BCUT2D eigenvalue weighted by atomic mass is 35.5. The van der Waals surface area contributed by atoms with Crippen LogP contribution in [0.2, 0.25) is 5.02 Å². The Balaban J connectivity index is 1.75. The van der Waals surface area contributed by atoms with Gasteiger partial charge in [0.1, 0.15) is 5.82 Å². The maximum Gasteiger partial charge on any atom is 0.127 e. The molecule has 0 aromatic heterocycles. The van der Waals surface area contributed by atoms with Crippen molar-refractivity contribution in [2.24, 2.45) is 5.92 Å². The van der Waals surface area contributed by atoms with Crippen LogP contribution in [0.15, 0.2) is 18.2 Å². The number of nitrogens with zero attached hydrogens (tertiary/aromatic N) is 1. The van der Waals surface area contributed by atoms with E-state index in [0.29, 0.717) is 17.6 Å². The normalized spacial score (nSPS) is 25.3. The van der Waals surface area contributed by atoms with Crippen LogP contribution in [0.3, 0.4) is 0 Å². The molecule has 1 saturated carbocycles. The number of benzene rings is 1. The summed E-state index contributed by atoms with van der Waals surface area (Å²) in [5.41, 5.74) is 0.718. The summed E-state index contributed by atoms with van der Waals surface area (Å²) in [6, 6.07) is 5.39. The highest BCUT2D eigenvalue weighted by molar-refractivity contribution is 6.30. The minimum atomic E-state index is -0.146. The number of piperazine rings is 1. The SMILES string of the molecule is Fc1ccc(Cl)cc1CN1CCNCC1C1CC1. The molecule has 0 bridgehead atoms. The van der Waals surface area contributed by atoms with Crippen LogP contribution in [-0.4, -0.2) is 30.6 Å². The fourth-order valence-corrected chi connectivity index (χ4v) is 2.99. The van der Waals surface area contributed by atoms with Crippen LogP contribution in [0, 0.1) is 11.7 Å². The van der Waals surface area contributed by atoms with Crippen LogP contribution in [0.4, 0.5) is 4.39 Å². The smallest absolute Gasteiger partial charge is 0.127 e. The molecule has 98 valence electrons. The van der Waals surface area contributed by atoms with Gasteiger partial charge in [0.15, 0.2) is 0 Å². The van der Waals surface area contributed by atoms with Crippen molar-refractivity contribution in [3.05, 3.63) is 34.6 Å². The first kappa shape index (κ1) is 12.4. The second-order valence-corrected chi connectivity index (χ2v) is 5.75. The first-order valence-electron chi connectivity index (χ1n) is 6.63. The van der Waals surface area contributed by atoms with Gasteiger partial charge in [-0.25, -0.2) is 4.39 Å². The first-order chi connectivity index (χ1) is 8.74. The molecule has 1 heterocycles. The van der Waals surface area contributed by atoms with E-state index >= 15 is 0 Å². The molecule has 0 radical (unpaired) electrons. The minimum absolute atomic E-state index is 0.146. The summed E-state index contributed by atoms with van der Waals surface area (Å²) in [6.45, 7) is 3.70. The van der Waals surface area contributed by atoms with Gasteiger partial charge in [-0.05, 0) is 37.0 Å². The van der Waals surface area contributed by atoms with Crippen LogP contribution in [0.5, 0.6) is 0 Å². The van der Waals surface area contributed by atoms with E-state index in [4.69, 9.17) is 11.6 Å². The lowest BCUT2D eigenvalue weighted by atomic mass is 10.1. The fraction of sp³-hybridized carbons (Fsp3) is 0.571. The molecule has 1 N–H and O–H groups in total. The zero-order valence-electron chi connectivity index (χ0n) is 10.3. The molecule has 18 heavy (non-hydrogen) atoms. The van der Waals surface area contributed by atoms with Crippen molar-refractivity contribution in [3.8, 4) is 0 Å². The van der Waals surface area contributed by atoms with Crippen molar-refractivity contribution in [1.29, 1.82) is 0 Å². The van der Waals surface area contributed by atoms with Crippen LogP contribution in [-0.2, 0) is 6.54 Å². The van der Waals surface area contributed by atoms with E-state index < -0.39 is 0 Å². The molecule has 1 unspecified atom stereocenters. The predicted molar refractivity (Wildman–Crippen MR) is 71.2 cm³/mol. The van der Waals surface area contributed by atoms with Gasteiger partial charge < -0.3 is 5.32 Å². The molecule has 3 rings (SSSR count). The molecule has 1 aliphatic carbocycles. The van der Waals surface area contributed by atoms with Crippen molar-refractivity contribution in [2.75, 3.05) is 19.6 Å². The summed E-state index contributed by atoms with van der Waals surface area (Å²) in [5.74, 6) is 0.660. The van der Waals surface area contributed by atoms with E-state index in [-0.39, 0.29) is 5.82 Å². The van der Waals surface area contributed by atoms with Gasteiger partial charge in [0.25, 0.3) is 0 Å². The molecule has 2 nitrogen and oxygen atoms in total. The van der Waals surface area contributed by atoms with Crippen molar-refractivity contribution in [1.82, 2.24) is 10.2 Å². The summed E-state index contributed by atoms with van der Waals surface area (Å²) in [6.07, 6.45) is 2.64. The van der Waals surface area contributed by atoms with Gasteiger partial charge >= 0.3 is 0 Å². The molecular formula is C14H18ClFN2. The molecule has 0 amide bonds. The van der Waals surface area contributed by atoms with Crippen molar-refractivity contribution in [2.45, 2.75) is 25.4 Å². The molecule has 1 aliphatic heterocycles. The molecule has 2 fully saturated rings. The van der Waals surface area contributed by atoms with Crippen LogP contribution < -0.4 is 5.32 Å². The quantitative estimate of drug-likeness (QED) is 0.907. The van der Waals surface area contributed by atoms with Gasteiger partial charge in [-0.15, -0.1) is 0 Å². The molecule has 1 saturated heterocycles. The summed E-state index contributed by atoms with van der Waals surface area (Å²) in [4.78, 5) is 2.41. The summed E-state index contributed by atoms with van der Waals surface area (Å²) >= 11 is 5.95. The third-order valence-electron chi connectivity index (χ3n) is 3.95. The Morgan fingerprint density at radius 1 is 1.39 bits per heavy atom. The van der Waals surface area contributed by atoms with E-state index in [1.54, 1.807) is 12.1 Å². The topological polar surface area (TPSA) is 15.3 Å². The maximum absolute atomic E-state index is 13.8. The molecule has 1 atom stereocenters. The van der Waals surface area contributed by atoms with Gasteiger partial charge in [-0.1, -0.05) is 11.6 Å². The molecule has 1 aromatic rings. The van der Waals surface area contributed by atoms with E-state index in [1.165, 1.54) is 18.9 Å². The summed E-state index contributed by atoms with van der Waals surface area (Å²) in [7, 11) is 0. The monoisotopic (exact) mass is 268 g/mol. The van der Waals surface area contributed by atoms with Gasteiger partial charge in [0.2, 0.25) is 0 Å². The first-order valence-corrected chi connectivity index (χ1v) is 7.00. The highest BCUT2D eigenvalue weighted by Crippen LogP contribution is 2.36. The Labute approximate surface area is 112 Å². The lowest BCUT2D eigenvalue weighted by Crippen LogP contribution is -2.51.